The predicted molar refractivity (Wildman–Crippen MR) is 79.4 cm³/mol. The summed E-state index contributed by atoms with van der Waals surface area (Å²) < 4.78 is 31.5. The largest absolute Gasteiger partial charge is 0.378 e. The lowest BCUT2D eigenvalue weighted by Gasteiger charge is -2.28. The molecule has 0 radical (unpaired) electrons. The molecule has 7 heteroatoms. The summed E-state index contributed by atoms with van der Waals surface area (Å²) in [5.74, 6) is -0.649. The molecule has 2 aromatic rings. The molecule has 1 aliphatic rings. The van der Waals surface area contributed by atoms with Crippen LogP contribution in [0.15, 0.2) is 24.3 Å². The summed E-state index contributed by atoms with van der Waals surface area (Å²) in [7, 11) is 0. The van der Waals surface area contributed by atoms with Gasteiger partial charge in [0, 0.05) is 36.6 Å². The number of aryl methyl sites for hydroxylation is 1. The molecule has 2 heterocycles. The molecule has 1 fully saturated rings. The Labute approximate surface area is 127 Å². The monoisotopic (exact) mass is 306 g/mol. The summed E-state index contributed by atoms with van der Waals surface area (Å²) >= 11 is 0. The fourth-order valence-corrected chi connectivity index (χ4v) is 2.27. The zero-order chi connectivity index (χ0) is 15.5. The van der Waals surface area contributed by atoms with Crippen LogP contribution in [0.3, 0.4) is 0 Å². The Hall–Kier alpha value is -2.28. The Kier molecular flexibility index (Phi) is 4.15. The van der Waals surface area contributed by atoms with Crippen molar-refractivity contribution in [2.75, 3.05) is 36.5 Å². The lowest BCUT2D eigenvalue weighted by molar-refractivity contribution is 0.122. The molecule has 0 amide bonds. The van der Waals surface area contributed by atoms with Gasteiger partial charge in [0.05, 0.1) is 13.2 Å². The van der Waals surface area contributed by atoms with Crippen molar-refractivity contribution in [3.05, 3.63) is 41.6 Å². The highest BCUT2D eigenvalue weighted by Gasteiger charge is 2.14. The molecule has 1 saturated heterocycles. The van der Waals surface area contributed by atoms with Gasteiger partial charge in [-0.1, -0.05) is 0 Å². The zero-order valence-electron chi connectivity index (χ0n) is 12.1. The molecule has 0 unspecified atom stereocenters. The summed E-state index contributed by atoms with van der Waals surface area (Å²) in [5, 5.41) is 2.91. The summed E-state index contributed by atoms with van der Waals surface area (Å²) in [6.07, 6.45) is 0. The first-order valence-electron chi connectivity index (χ1n) is 7.02. The van der Waals surface area contributed by atoms with Crippen molar-refractivity contribution in [3.8, 4) is 0 Å². The van der Waals surface area contributed by atoms with Crippen LogP contribution in [-0.2, 0) is 4.74 Å². The van der Waals surface area contributed by atoms with Crippen LogP contribution in [-0.4, -0.2) is 36.3 Å². The van der Waals surface area contributed by atoms with E-state index >= 15 is 0 Å². The predicted octanol–water partition coefficient (Wildman–Crippen LogP) is 2.64. The normalized spacial score (nSPS) is 15.0. The molecular weight excluding hydrogens is 290 g/mol. The number of halogens is 2. The number of anilines is 3. The Morgan fingerprint density at radius 1 is 1.09 bits per heavy atom. The third kappa shape index (κ3) is 3.30. The van der Waals surface area contributed by atoms with E-state index in [2.05, 4.69) is 20.2 Å². The fourth-order valence-electron chi connectivity index (χ4n) is 2.27. The van der Waals surface area contributed by atoms with E-state index in [0.717, 1.165) is 36.7 Å². The second-order valence-corrected chi connectivity index (χ2v) is 5.04. The van der Waals surface area contributed by atoms with Crippen LogP contribution >= 0.6 is 0 Å². The number of nitrogens with zero attached hydrogens (tertiary/aromatic N) is 3. The molecule has 0 bridgehead atoms. The van der Waals surface area contributed by atoms with E-state index in [9.17, 15) is 8.78 Å². The molecule has 1 aromatic carbocycles. The van der Waals surface area contributed by atoms with E-state index in [4.69, 9.17) is 4.74 Å². The average molecular weight is 306 g/mol. The molecule has 0 aliphatic carbocycles. The third-order valence-corrected chi connectivity index (χ3v) is 3.35. The molecule has 0 atom stereocenters. The topological polar surface area (TPSA) is 50.3 Å². The van der Waals surface area contributed by atoms with Crippen LogP contribution in [0.2, 0.25) is 0 Å². The van der Waals surface area contributed by atoms with E-state index in [-0.39, 0.29) is 0 Å². The summed E-state index contributed by atoms with van der Waals surface area (Å²) in [6, 6.07) is 5.48. The number of ether oxygens (including phenoxy) is 1. The highest BCUT2D eigenvalue weighted by Crippen LogP contribution is 2.20. The van der Waals surface area contributed by atoms with Gasteiger partial charge in [-0.05, 0) is 19.1 Å². The molecule has 0 spiro atoms. The smallest absolute Gasteiger partial charge is 0.229 e. The number of rotatable bonds is 3. The maximum Gasteiger partial charge on any atom is 0.229 e. The first-order chi connectivity index (χ1) is 10.6. The molecule has 1 N–H and O–H groups in total. The van der Waals surface area contributed by atoms with Crippen LogP contribution < -0.4 is 10.2 Å². The van der Waals surface area contributed by atoms with Gasteiger partial charge in [0.2, 0.25) is 5.95 Å². The lowest BCUT2D eigenvalue weighted by Crippen LogP contribution is -2.36. The van der Waals surface area contributed by atoms with Crippen molar-refractivity contribution in [2.24, 2.45) is 0 Å². The number of hydrogen-bond acceptors (Lipinski definition) is 5. The third-order valence-electron chi connectivity index (χ3n) is 3.35. The molecule has 3 rings (SSSR count). The van der Waals surface area contributed by atoms with Gasteiger partial charge in [-0.15, -0.1) is 0 Å². The SMILES string of the molecule is Cc1cc(N2CCOCC2)nc(Nc2ccc(F)c(F)c2)n1. The minimum atomic E-state index is -0.911. The number of morpholine rings is 1. The minimum absolute atomic E-state index is 0.354. The second-order valence-electron chi connectivity index (χ2n) is 5.04. The van der Waals surface area contributed by atoms with Crippen LogP contribution in [0.1, 0.15) is 5.69 Å². The van der Waals surface area contributed by atoms with E-state index in [0.29, 0.717) is 24.8 Å². The van der Waals surface area contributed by atoms with E-state index in [1.165, 1.54) is 6.07 Å². The quantitative estimate of drug-likeness (QED) is 0.945. The van der Waals surface area contributed by atoms with E-state index < -0.39 is 11.6 Å². The summed E-state index contributed by atoms with van der Waals surface area (Å²) in [4.78, 5) is 10.8. The van der Waals surface area contributed by atoms with Crippen molar-refractivity contribution in [3.63, 3.8) is 0 Å². The van der Waals surface area contributed by atoms with Gasteiger partial charge in [-0.2, -0.15) is 4.98 Å². The first kappa shape index (κ1) is 14.6. The van der Waals surface area contributed by atoms with Crippen LogP contribution in [0.5, 0.6) is 0 Å². The zero-order valence-corrected chi connectivity index (χ0v) is 12.1. The lowest BCUT2D eigenvalue weighted by atomic mass is 10.3. The van der Waals surface area contributed by atoms with Crippen LogP contribution in [0, 0.1) is 18.6 Å². The van der Waals surface area contributed by atoms with Crippen molar-refractivity contribution >= 4 is 17.5 Å². The number of aromatic nitrogens is 2. The first-order valence-corrected chi connectivity index (χ1v) is 7.02. The van der Waals surface area contributed by atoms with Gasteiger partial charge in [0.1, 0.15) is 5.82 Å². The van der Waals surface area contributed by atoms with Gasteiger partial charge >= 0.3 is 0 Å². The molecule has 0 saturated carbocycles. The van der Waals surface area contributed by atoms with Crippen LogP contribution in [0.25, 0.3) is 0 Å². The minimum Gasteiger partial charge on any atom is -0.378 e. The van der Waals surface area contributed by atoms with Gasteiger partial charge in [0.15, 0.2) is 11.6 Å². The number of benzene rings is 1. The number of nitrogens with one attached hydrogen (secondary N) is 1. The van der Waals surface area contributed by atoms with Crippen molar-refractivity contribution in [1.29, 1.82) is 0 Å². The molecule has 116 valence electrons. The molecule has 1 aromatic heterocycles. The maximum atomic E-state index is 13.3. The molecular formula is C15H16F2N4O. The highest BCUT2D eigenvalue weighted by molar-refractivity contribution is 5.55. The maximum absolute atomic E-state index is 13.3. The molecule has 22 heavy (non-hydrogen) atoms. The highest BCUT2D eigenvalue weighted by atomic mass is 19.2. The van der Waals surface area contributed by atoms with Gasteiger partial charge < -0.3 is 15.0 Å². The van der Waals surface area contributed by atoms with E-state index in [1.54, 1.807) is 0 Å². The Morgan fingerprint density at radius 2 is 1.86 bits per heavy atom. The van der Waals surface area contributed by atoms with Crippen molar-refractivity contribution in [2.45, 2.75) is 6.92 Å². The van der Waals surface area contributed by atoms with Crippen LogP contribution in [0.4, 0.5) is 26.2 Å². The standard InChI is InChI=1S/C15H16F2N4O/c1-10-8-14(21-4-6-22-7-5-21)20-15(18-10)19-11-2-3-12(16)13(17)9-11/h2-3,8-9H,4-7H2,1H3,(H,18,19,20). The fraction of sp³-hybridized carbons (Fsp3) is 0.333. The molecule has 5 nitrogen and oxygen atoms in total. The van der Waals surface area contributed by atoms with Crippen molar-refractivity contribution < 1.29 is 13.5 Å². The Bertz CT molecular complexity index is 675. The summed E-state index contributed by atoms with van der Waals surface area (Å²) in [6.45, 7) is 4.72. The second kappa shape index (κ2) is 6.23. The van der Waals surface area contributed by atoms with Crippen molar-refractivity contribution in [1.82, 2.24) is 9.97 Å². The van der Waals surface area contributed by atoms with E-state index in [1.807, 2.05) is 13.0 Å². The van der Waals surface area contributed by atoms with Gasteiger partial charge in [-0.25, -0.2) is 13.8 Å². The Morgan fingerprint density at radius 3 is 2.59 bits per heavy atom. The molecule has 1 aliphatic heterocycles. The number of hydrogen-bond donors (Lipinski definition) is 1. The van der Waals surface area contributed by atoms with Gasteiger partial charge in [-0.3, -0.25) is 0 Å². The average Bonchev–Trinajstić information content (AvgIpc) is 2.51. The summed E-state index contributed by atoms with van der Waals surface area (Å²) in [5.41, 5.74) is 1.19. The van der Waals surface area contributed by atoms with Gasteiger partial charge in [0.25, 0.3) is 0 Å². The Balaban J connectivity index is 1.83.